The third-order valence-corrected chi connectivity index (χ3v) is 4.03. The number of aliphatic hydroxyl groups is 1. The average Bonchev–Trinajstić information content (AvgIpc) is 2.39. The minimum Gasteiger partial charge on any atom is -0.396 e. The lowest BCUT2D eigenvalue weighted by Gasteiger charge is -2.43. The summed E-state index contributed by atoms with van der Waals surface area (Å²) < 4.78 is 13.2. The normalized spacial score (nSPS) is 21.6. The number of hydrogen-bond acceptors (Lipinski definition) is 3. The van der Waals surface area contributed by atoms with Crippen molar-refractivity contribution in [2.45, 2.75) is 38.9 Å². The topological polar surface area (TPSA) is 26.7 Å². The number of halogens is 1. The molecular weight excluding hydrogens is 255 g/mol. The van der Waals surface area contributed by atoms with E-state index >= 15 is 0 Å². The van der Waals surface area contributed by atoms with Gasteiger partial charge in [0.15, 0.2) is 0 Å². The standard InChI is InChI=1S/C16H25FN2O/c1-13(2)19-8-7-18(12-16(19)6-9-20)11-14-4-3-5-15(17)10-14/h3-5,10,13,16,20H,6-9,11-12H2,1-2H3/t16-/m0/s1. The number of piperazine rings is 1. The summed E-state index contributed by atoms with van der Waals surface area (Å²) in [6, 6.07) is 7.72. The van der Waals surface area contributed by atoms with Gasteiger partial charge in [0.05, 0.1) is 0 Å². The summed E-state index contributed by atoms with van der Waals surface area (Å²) in [6.07, 6.45) is 0.803. The van der Waals surface area contributed by atoms with Crippen LogP contribution >= 0.6 is 0 Å². The quantitative estimate of drug-likeness (QED) is 0.895. The Balaban J connectivity index is 1.97. The highest BCUT2D eigenvalue weighted by Crippen LogP contribution is 2.18. The molecule has 1 aliphatic rings. The molecule has 20 heavy (non-hydrogen) atoms. The Morgan fingerprint density at radius 2 is 2.15 bits per heavy atom. The Morgan fingerprint density at radius 1 is 1.35 bits per heavy atom. The van der Waals surface area contributed by atoms with Gasteiger partial charge in [-0.05, 0) is 38.0 Å². The first-order valence-electron chi connectivity index (χ1n) is 7.43. The van der Waals surface area contributed by atoms with Gasteiger partial charge in [0.2, 0.25) is 0 Å². The summed E-state index contributed by atoms with van der Waals surface area (Å²) >= 11 is 0. The van der Waals surface area contributed by atoms with Crippen LogP contribution in [-0.2, 0) is 6.54 Å². The molecule has 1 atom stereocenters. The van der Waals surface area contributed by atoms with Gasteiger partial charge in [-0.3, -0.25) is 9.80 Å². The molecule has 0 aliphatic carbocycles. The van der Waals surface area contributed by atoms with Crippen molar-refractivity contribution < 1.29 is 9.50 Å². The number of hydrogen-bond donors (Lipinski definition) is 1. The van der Waals surface area contributed by atoms with Crippen LogP contribution in [-0.4, -0.2) is 53.2 Å². The number of aliphatic hydroxyl groups excluding tert-OH is 1. The summed E-state index contributed by atoms with van der Waals surface area (Å²) in [4.78, 5) is 4.81. The van der Waals surface area contributed by atoms with E-state index < -0.39 is 0 Å². The molecule has 112 valence electrons. The van der Waals surface area contributed by atoms with Gasteiger partial charge in [0.25, 0.3) is 0 Å². The van der Waals surface area contributed by atoms with Gasteiger partial charge in [-0.25, -0.2) is 4.39 Å². The summed E-state index contributed by atoms with van der Waals surface area (Å²) in [6.45, 7) is 8.36. The van der Waals surface area contributed by atoms with Crippen molar-refractivity contribution in [1.82, 2.24) is 9.80 Å². The molecule has 0 bridgehead atoms. The third-order valence-electron chi connectivity index (χ3n) is 4.03. The fourth-order valence-corrected chi connectivity index (χ4v) is 3.06. The summed E-state index contributed by atoms with van der Waals surface area (Å²) in [5.74, 6) is -0.171. The Labute approximate surface area is 121 Å². The Bertz CT molecular complexity index is 425. The Kier molecular flexibility index (Phi) is 5.52. The van der Waals surface area contributed by atoms with E-state index in [1.54, 1.807) is 12.1 Å². The minimum atomic E-state index is -0.171. The first kappa shape index (κ1) is 15.4. The van der Waals surface area contributed by atoms with E-state index in [1.165, 1.54) is 6.07 Å². The molecule has 1 saturated heterocycles. The van der Waals surface area contributed by atoms with E-state index in [4.69, 9.17) is 0 Å². The number of rotatable bonds is 5. The Hall–Kier alpha value is -0.970. The van der Waals surface area contributed by atoms with Gasteiger partial charge < -0.3 is 5.11 Å². The van der Waals surface area contributed by atoms with E-state index in [2.05, 4.69) is 23.6 Å². The molecule has 0 unspecified atom stereocenters. The van der Waals surface area contributed by atoms with Crippen molar-refractivity contribution in [3.05, 3.63) is 35.6 Å². The van der Waals surface area contributed by atoms with Crippen LogP contribution in [0.4, 0.5) is 4.39 Å². The molecule has 0 saturated carbocycles. The molecule has 1 fully saturated rings. The minimum absolute atomic E-state index is 0.171. The van der Waals surface area contributed by atoms with Gasteiger partial charge in [0.1, 0.15) is 5.82 Å². The lowest BCUT2D eigenvalue weighted by molar-refractivity contribution is 0.0349. The van der Waals surface area contributed by atoms with Gasteiger partial charge >= 0.3 is 0 Å². The van der Waals surface area contributed by atoms with E-state index in [1.807, 2.05) is 6.07 Å². The maximum atomic E-state index is 13.2. The van der Waals surface area contributed by atoms with Crippen molar-refractivity contribution in [2.75, 3.05) is 26.2 Å². The highest BCUT2D eigenvalue weighted by Gasteiger charge is 2.28. The predicted molar refractivity (Wildman–Crippen MR) is 79.0 cm³/mol. The largest absolute Gasteiger partial charge is 0.396 e. The molecule has 0 aromatic heterocycles. The smallest absolute Gasteiger partial charge is 0.123 e. The van der Waals surface area contributed by atoms with Crippen molar-refractivity contribution in [2.24, 2.45) is 0 Å². The molecule has 4 heteroatoms. The maximum Gasteiger partial charge on any atom is 0.123 e. The predicted octanol–water partition coefficient (Wildman–Crippen LogP) is 2.10. The number of benzene rings is 1. The molecule has 0 amide bonds. The summed E-state index contributed by atoms with van der Waals surface area (Å²) in [7, 11) is 0. The molecule has 2 rings (SSSR count). The highest BCUT2D eigenvalue weighted by molar-refractivity contribution is 5.16. The van der Waals surface area contributed by atoms with Gasteiger partial charge in [0, 0.05) is 44.9 Å². The van der Waals surface area contributed by atoms with Crippen LogP contribution in [0.5, 0.6) is 0 Å². The van der Waals surface area contributed by atoms with Crippen molar-refractivity contribution in [1.29, 1.82) is 0 Å². The monoisotopic (exact) mass is 280 g/mol. The second-order valence-corrected chi connectivity index (χ2v) is 5.86. The molecule has 1 aliphatic heterocycles. The summed E-state index contributed by atoms with van der Waals surface area (Å²) in [5, 5.41) is 9.24. The van der Waals surface area contributed by atoms with Crippen molar-refractivity contribution in [3.8, 4) is 0 Å². The number of nitrogens with zero attached hydrogens (tertiary/aromatic N) is 2. The fourth-order valence-electron chi connectivity index (χ4n) is 3.06. The second-order valence-electron chi connectivity index (χ2n) is 5.86. The van der Waals surface area contributed by atoms with Crippen molar-refractivity contribution >= 4 is 0 Å². The first-order valence-corrected chi connectivity index (χ1v) is 7.43. The van der Waals surface area contributed by atoms with Crippen LogP contribution in [0.1, 0.15) is 25.8 Å². The molecule has 1 heterocycles. The van der Waals surface area contributed by atoms with Crippen molar-refractivity contribution in [3.63, 3.8) is 0 Å². The molecule has 1 N–H and O–H groups in total. The van der Waals surface area contributed by atoms with Crippen LogP contribution in [0.25, 0.3) is 0 Å². The van der Waals surface area contributed by atoms with E-state index in [9.17, 15) is 9.50 Å². The van der Waals surface area contributed by atoms with E-state index in [-0.39, 0.29) is 12.4 Å². The third kappa shape index (κ3) is 4.01. The van der Waals surface area contributed by atoms with Gasteiger partial charge in [-0.1, -0.05) is 12.1 Å². The zero-order chi connectivity index (χ0) is 14.5. The first-order chi connectivity index (χ1) is 9.60. The van der Waals surface area contributed by atoms with Crippen LogP contribution in [0.2, 0.25) is 0 Å². The van der Waals surface area contributed by atoms with E-state index in [0.717, 1.165) is 38.2 Å². The highest BCUT2D eigenvalue weighted by atomic mass is 19.1. The van der Waals surface area contributed by atoms with Crippen LogP contribution in [0.3, 0.4) is 0 Å². The SMILES string of the molecule is CC(C)N1CCN(Cc2cccc(F)c2)C[C@@H]1CCO. The van der Waals surface area contributed by atoms with Crippen LogP contribution < -0.4 is 0 Å². The molecule has 3 nitrogen and oxygen atoms in total. The van der Waals surface area contributed by atoms with Crippen LogP contribution in [0.15, 0.2) is 24.3 Å². The Morgan fingerprint density at radius 3 is 2.80 bits per heavy atom. The molecule has 1 aromatic rings. The van der Waals surface area contributed by atoms with Gasteiger partial charge in [-0.15, -0.1) is 0 Å². The zero-order valence-electron chi connectivity index (χ0n) is 12.4. The zero-order valence-corrected chi connectivity index (χ0v) is 12.4. The van der Waals surface area contributed by atoms with E-state index in [0.29, 0.717) is 12.1 Å². The molecule has 1 aromatic carbocycles. The average molecular weight is 280 g/mol. The maximum absolute atomic E-state index is 13.2. The second kappa shape index (κ2) is 7.16. The molecular formula is C16H25FN2O. The molecule has 0 radical (unpaired) electrons. The molecule has 0 spiro atoms. The van der Waals surface area contributed by atoms with Crippen LogP contribution in [0, 0.1) is 5.82 Å². The fraction of sp³-hybridized carbons (Fsp3) is 0.625. The lowest BCUT2D eigenvalue weighted by atomic mass is 10.1. The van der Waals surface area contributed by atoms with Gasteiger partial charge in [-0.2, -0.15) is 0 Å². The summed E-state index contributed by atoms with van der Waals surface area (Å²) in [5.41, 5.74) is 1.02. The lowest BCUT2D eigenvalue weighted by Crippen LogP contribution is -2.55.